The fourth-order valence-corrected chi connectivity index (χ4v) is 1.94. The van der Waals surface area contributed by atoms with Crippen molar-refractivity contribution in [2.75, 3.05) is 53.0 Å². The number of hydrogen-bond donors (Lipinski definition) is 0. The van der Waals surface area contributed by atoms with Gasteiger partial charge < -0.3 is 18.6 Å². The molecule has 166 valence electrons. The van der Waals surface area contributed by atoms with Gasteiger partial charge in [0.1, 0.15) is 20.4 Å². The van der Waals surface area contributed by atoms with Crippen LogP contribution in [0.5, 0.6) is 0 Å². The summed E-state index contributed by atoms with van der Waals surface area (Å²) in [6.45, 7) is 9.81. The minimum Gasteiger partial charge on any atom is -0.368 e. The molecular formula is C16H34F4O5P2. The second-order valence-corrected chi connectivity index (χ2v) is 13.9. The van der Waals surface area contributed by atoms with E-state index in [0.29, 0.717) is 0 Å². The lowest BCUT2D eigenvalue weighted by molar-refractivity contribution is -0.129. The number of rotatable bonds is 11. The highest BCUT2D eigenvalue weighted by atomic mass is 31.2. The Bertz CT molecular complexity index is 501. The van der Waals surface area contributed by atoms with Crippen molar-refractivity contribution in [3.63, 3.8) is 0 Å². The second-order valence-electron chi connectivity index (χ2n) is 7.73. The van der Waals surface area contributed by atoms with Gasteiger partial charge in [-0.2, -0.15) is 0 Å². The predicted molar refractivity (Wildman–Crippen MR) is 101 cm³/mol. The quantitative estimate of drug-likeness (QED) is 0.178. The van der Waals surface area contributed by atoms with E-state index >= 15 is 0 Å². The van der Waals surface area contributed by atoms with Crippen LogP contribution in [-0.2, 0) is 23.1 Å². The van der Waals surface area contributed by atoms with Crippen molar-refractivity contribution in [2.24, 2.45) is 11.8 Å². The average molecular weight is 444 g/mol. The van der Waals surface area contributed by atoms with Gasteiger partial charge in [0.25, 0.3) is 11.8 Å². The van der Waals surface area contributed by atoms with E-state index in [1.54, 1.807) is 0 Å². The van der Waals surface area contributed by atoms with E-state index in [0.717, 1.165) is 0 Å². The van der Waals surface area contributed by atoms with E-state index in [4.69, 9.17) is 9.26 Å². The Morgan fingerprint density at radius 2 is 1.15 bits per heavy atom. The highest BCUT2D eigenvalue weighted by Gasteiger charge is 2.34. The lowest BCUT2D eigenvalue weighted by Crippen LogP contribution is -2.30. The van der Waals surface area contributed by atoms with Crippen molar-refractivity contribution < 1.29 is 40.7 Å². The molecule has 0 fully saturated rings. The molecule has 27 heavy (non-hydrogen) atoms. The third kappa shape index (κ3) is 17.9. The Labute approximate surface area is 160 Å². The maximum absolute atomic E-state index is 12.9. The van der Waals surface area contributed by atoms with E-state index in [1.807, 2.05) is 0 Å². The van der Waals surface area contributed by atoms with Crippen molar-refractivity contribution in [3.8, 4) is 0 Å². The summed E-state index contributed by atoms with van der Waals surface area (Å²) in [6.07, 6.45) is -0.0741. The van der Waals surface area contributed by atoms with E-state index < -0.39 is 51.4 Å². The number of hydrogen-bond acceptors (Lipinski definition) is 5. The number of ether oxygens (including phenoxy) is 2. The number of halogens is 4. The third-order valence-corrected chi connectivity index (χ3v) is 4.66. The van der Waals surface area contributed by atoms with Crippen molar-refractivity contribution in [2.45, 2.75) is 39.5 Å². The van der Waals surface area contributed by atoms with Gasteiger partial charge in [0.15, 0.2) is 14.2 Å². The van der Waals surface area contributed by atoms with Crippen molar-refractivity contribution in [1.82, 2.24) is 0 Å². The molecule has 0 N–H and O–H groups in total. The minimum absolute atomic E-state index is 0.0741. The molecule has 0 unspecified atom stereocenters. The van der Waals surface area contributed by atoms with Crippen molar-refractivity contribution >= 4 is 14.5 Å². The van der Waals surface area contributed by atoms with Crippen LogP contribution in [0.1, 0.15) is 27.7 Å². The van der Waals surface area contributed by atoms with Crippen molar-refractivity contribution in [3.05, 3.63) is 0 Å². The first-order chi connectivity index (χ1) is 11.8. The van der Waals surface area contributed by atoms with Crippen LogP contribution in [0, 0.1) is 11.8 Å². The summed E-state index contributed by atoms with van der Waals surface area (Å²) < 4.78 is 87.7. The Morgan fingerprint density at radius 1 is 0.778 bits per heavy atom. The largest absolute Gasteiger partial charge is 0.368 e. The molecule has 0 radical (unpaired) electrons. The van der Waals surface area contributed by atoms with E-state index in [1.165, 1.54) is 54.4 Å². The summed E-state index contributed by atoms with van der Waals surface area (Å²) in [7, 11) is -4.98. The Kier molecular flexibility index (Phi) is 12.9. The van der Waals surface area contributed by atoms with Gasteiger partial charge in [-0.3, -0.25) is 4.57 Å². The highest BCUT2D eigenvalue weighted by Crippen LogP contribution is 2.37. The minimum atomic E-state index is -2.87. The Balaban J connectivity index is 0. The van der Waals surface area contributed by atoms with Crippen LogP contribution in [-0.4, -0.2) is 64.9 Å². The Morgan fingerprint density at radius 3 is 1.44 bits per heavy atom. The lowest BCUT2D eigenvalue weighted by atomic mass is 10.1. The van der Waals surface area contributed by atoms with Crippen LogP contribution >= 0.6 is 14.5 Å². The normalized spacial score (nSPS) is 13.7. The molecule has 0 atom stereocenters. The Hall–Kier alpha value is 0.0600. The highest BCUT2D eigenvalue weighted by molar-refractivity contribution is 7.62. The van der Waals surface area contributed by atoms with Crippen LogP contribution in [0.4, 0.5) is 17.6 Å². The molecule has 0 aliphatic rings. The molecule has 0 aromatic rings. The first-order valence-electron chi connectivity index (χ1n) is 8.45. The van der Waals surface area contributed by atoms with Gasteiger partial charge in [0, 0.05) is 25.2 Å². The first-order valence-corrected chi connectivity index (χ1v) is 13.8. The fourth-order valence-electron chi connectivity index (χ4n) is 1.08. The molecule has 0 rings (SSSR count). The number of alkyl halides is 4. The molecule has 0 amide bonds. The molecule has 0 saturated heterocycles. The smallest absolute Gasteiger partial charge is 0.273 e. The molecule has 5 nitrogen and oxygen atoms in total. The van der Waals surface area contributed by atoms with E-state index in [9.17, 15) is 26.7 Å². The van der Waals surface area contributed by atoms with Crippen LogP contribution in [0.15, 0.2) is 0 Å². The van der Waals surface area contributed by atoms with Crippen LogP contribution in [0.25, 0.3) is 0 Å². The SMILES string of the molecule is CC(C)C(F)(F)COCOP(C)(C)=O.CC(C)C(F)(F)COCP(C)(C)=O. The molecule has 0 aliphatic heterocycles. The van der Waals surface area contributed by atoms with Crippen LogP contribution in [0.3, 0.4) is 0 Å². The van der Waals surface area contributed by atoms with Gasteiger partial charge in [-0.15, -0.1) is 0 Å². The molecule has 11 heteroatoms. The van der Waals surface area contributed by atoms with E-state index in [2.05, 4.69) is 4.74 Å². The maximum Gasteiger partial charge on any atom is 0.273 e. The van der Waals surface area contributed by atoms with Gasteiger partial charge in [-0.25, -0.2) is 17.6 Å². The standard InChI is InChI=1S/C8H17F2O3P.C8H17F2O2P/c1-7(2)8(9,10)5-12-6-13-14(3,4)11;1-7(2)8(9,10)5-12-6-13(3,4)11/h7H,5-6H2,1-4H3;7H,5-6H2,1-4H3. The van der Waals surface area contributed by atoms with E-state index in [-0.39, 0.29) is 13.1 Å². The zero-order chi connectivity index (χ0) is 22.1. The summed E-state index contributed by atoms with van der Waals surface area (Å²) in [6, 6.07) is 0. The maximum atomic E-state index is 12.9. The predicted octanol–water partition coefficient (Wildman–Crippen LogP) is 5.68. The summed E-state index contributed by atoms with van der Waals surface area (Å²) in [4.78, 5) is 0. The lowest BCUT2D eigenvalue weighted by Gasteiger charge is -2.20. The average Bonchev–Trinajstić information content (AvgIpc) is 2.41. The van der Waals surface area contributed by atoms with Gasteiger partial charge in [-0.1, -0.05) is 27.7 Å². The van der Waals surface area contributed by atoms with Gasteiger partial charge in [0.05, 0.1) is 6.35 Å². The van der Waals surface area contributed by atoms with Crippen LogP contribution in [0.2, 0.25) is 0 Å². The summed E-state index contributed by atoms with van der Waals surface area (Å²) in [5, 5.41) is 0. The zero-order valence-electron chi connectivity index (χ0n) is 17.4. The van der Waals surface area contributed by atoms with Crippen LogP contribution < -0.4 is 0 Å². The third-order valence-electron chi connectivity index (χ3n) is 3.13. The summed E-state index contributed by atoms with van der Waals surface area (Å²) in [5.41, 5.74) is 0. The molecule has 0 saturated carbocycles. The topological polar surface area (TPSA) is 61.8 Å². The zero-order valence-corrected chi connectivity index (χ0v) is 19.2. The van der Waals surface area contributed by atoms with Gasteiger partial charge in [-0.05, 0) is 13.3 Å². The second kappa shape index (κ2) is 11.9. The molecule has 0 bridgehead atoms. The molecule has 0 heterocycles. The summed E-state index contributed by atoms with van der Waals surface area (Å²) in [5.74, 6) is -7.22. The monoisotopic (exact) mass is 444 g/mol. The molecule has 0 aliphatic carbocycles. The summed E-state index contributed by atoms with van der Waals surface area (Å²) >= 11 is 0. The first kappa shape index (κ1) is 29.3. The van der Waals surface area contributed by atoms with Gasteiger partial charge in [0.2, 0.25) is 0 Å². The van der Waals surface area contributed by atoms with Crippen molar-refractivity contribution in [1.29, 1.82) is 0 Å². The molecule has 0 aromatic carbocycles. The molecule has 0 aromatic heterocycles. The van der Waals surface area contributed by atoms with Gasteiger partial charge >= 0.3 is 0 Å². The molecular weight excluding hydrogens is 410 g/mol. The molecule has 0 spiro atoms. The fraction of sp³-hybridized carbons (Fsp3) is 1.00.